The van der Waals surface area contributed by atoms with Crippen LogP contribution in [0, 0.1) is 5.82 Å². The van der Waals surface area contributed by atoms with Crippen LogP contribution in [0.2, 0.25) is 0 Å². The molecule has 2 aromatic rings. The number of nitrogens with zero attached hydrogens (tertiary/aromatic N) is 2. The second-order valence-electron chi connectivity index (χ2n) is 6.57. The Morgan fingerprint density at radius 1 is 1.20 bits per heavy atom. The van der Waals surface area contributed by atoms with Gasteiger partial charge in [-0.05, 0) is 24.6 Å². The van der Waals surface area contributed by atoms with Crippen LogP contribution in [-0.2, 0) is 18.5 Å². The predicted molar refractivity (Wildman–Crippen MR) is 114 cm³/mol. The van der Waals surface area contributed by atoms with Crippen LogP contribution in [0.3, 0.4) is 0 Å². The molecule has 0 aliphatic rings. The van der Waals surface area contributed by atoms with E-state index in [2.05, 4.69) is 46.8 Å². The molecule has 1 aromatic heterocycles. The number of guanidine groups is 1. The SMILES string of the molecule is CCNC(=NCc1ccc(F)cc1)NCc1csc(C(C)(C)C)n1.I. The van der Waals surface area contributed by atoms with Crippen molar-refractivity contribution in [2.75, 3.05) is 6.54 Å². The second-order valence-corrected chi connectivity index (χ2v) is 7.43. The molecule has 0 radical (unpaired) electrons. The average molecular weight is 476 g/mol. The molecular weight excluding hydrogens is 450 g/mol. The second kappa shape index (κ2) is 10.1. The van der Waals surface area contributed by atoms with Gasteiger partial charge < -0.3 is 10.6 Å². The van der Waals surface area contributed by atoms with Crippen molar-refractivity contribution in [1.82, 2.24) is 15.6 Å². The van der Waals surface area contributed by atoms with Gasteiger partial charge in [0, 0.05) is 17.3 Å². The highest BCUT2D eigenvalue weighted by Crippen LogP contribution is 2.25. The third-order valence-corrected chi connectivity index (χ3v) is 4.62. The van der Waals surface area contributed by atoms with Gasteiger partial charge in [-0.1, -0.05) is 32.9 Å². The Hall–Kier alpha value is -1.22. The summed E-state index contributed by atoms with van der Waals surface area (Å²) in [5.74, 6) is 0.498. The maximum atomic E-state index is 12.9. The molecule has 2 N–H and O–H groups in total. The van der Waals surface area contributed by atoms with Crippen LogP contribution in [0.25, 0.3) is 0 Å². The smallest absolute Gasteiger partial charge is 0.191 e. The number of nitrogens with one attached hydrogen (secondary N) is 2. The molecule has 0 spiro atoms. The van der Waals surface area contributed by atoms with E-state index in [0.29, 0.717) is 13.1 Å². The molecule has 2 rings (SSSR count). The number of aliphatic imine (C=N–C) groups is 1. The van der Waals surface area contributed by atoms with Crippen LogP contribution in [0.15, 0.2) is 34.6 Å². The van der Waals surface area contributed by atoms with Gasteiger partial charge in [-0.2, -0.15) is 0 Å². The van der Waals surface area contributed by atoms with Gasteiger partial charge in [-0.15, -0.1) is 35.3 Å². The molecule has 0 fully saturated rings. The number of aromatic nitrogens is 1. The predicted octanol–water partition coefficient (Wildman–Crippen LogP) is 4.45. The van der Waals surface area contributed by atoms with Crippen molar-refractivity contribution >= 4 is 41.3 Å². The molecule has 0 saturated heterocycles. The van der Waals surface area contributed by atoms with Crippen LogP contribution in [0.1, 0.15) is 44.0 Å². The first-order valence-corrected chi connectivity index (χ1v) is 8.98. The van der Waals surface area contributed by atoms with Crippen LogP contribution >= 0.6 is 35.3 Å². The fraction of sp³-hybridized carbons (Fsp3) is 0.444. The van der Waals surface area contributed by atoms with E-state index in [1.54, 1.807) is 23.5 Å². The fourth-order valence-corrected chi connectivity index (χ4v) is 2.92. The number of benzene rings is 1. The number of thiazole rings is 1. The minimum absolute atomic E-state index is 0. The minimum Gasteiger partial charge on any atom is -0.357 e. The lowest BCUT2D eigenvalue weighted by molar-refractivity contribution is 0.582. The maximum absolute atomic E-state index is 12.9. The number of hydrogen-bond donors (Lipinski definition) is 2. The van der Waals surface area contributed by atoms with Crippen molar-refractivity contribution in [1.29, 1.82) is 0 Å². The topological polar surface area (TPSA) is 49.3 Å². The molecule has 7 heteroatoms. The first-order valence-electron chi connectivity index (χ1n) is 8.10. The van der Waals surface area contributed by atoms with Crippen molar-refractivity contribution < 1.29 is 4.39 Å². The molecule has 0 amide bonds. The Bertz CT molecular complexity index is 677. The quantitative estimate of drug-likeness (QED) is 0.381. The van der Waals surface area contributed by atoms with Gasteiger partial charge in [0.05, 0.1) is 23.8 Å². The zero-order valence-corrected chi connectivity index (χ0v) is 18.2. The molecule has 0 bridgehead atoms. The minimum atomic E-state index is -0.231. The molecule has 138 valence electrons. The standard InChI is InChI=1S/C18H25FN4S.HI/c1-5-20-17(21-10-13-6-8-14(19)9-7-13)22-11-15-12-24-16(23-15)18(2,3)4;/h6-9,12H,5,10-11H2,1-4H3,(H2,20,21,22);1H. The lowest BCUT2D eigenvalue weighted by Gasteiger charge is -2.14. The summed E-state index contributed by atoms with van der Waals surface area (Å²) in [5.41, 5.74) is 2.05. The van der Waals surface area contributed by atoms with E-state index < -0.39 is 0 Å². The van der Waals surface area contributed by atoms with E-state index in [-0.39, 0.29) is 35.2 Å². The van der Waals surface area contributed by atoms with Crippen molar-refractivity contribution in [3.8, 4) is 0 Å². The Morgan fingerprint density at radius 3 is 2.44 bits per heavy atom. The van der Waals surface area contributed by atoms with Gasteiger partial charge >= 0.3 is 0 Å². The number of rotatable bonds is 5. The van der Waals surface area contributed by atoms with Crippen molar-refractivity contribution in [3.63, 3.8) is 0 Å². The van der Waals surface area contributed by atoms with E-state index in [1.165, 1.54) is 12.1 Å². The van der Waals surface area contributed by atoms with E-state index in [9.17, 15) is 4.39 Å². The van der Waals surface area contributed by atoms with Crippen LogP contribution < -0.4 is 10.6 Å². The number of hydrogen-bond acceptors (Lipinski definition) is 3. The fourth-order valence-electron chi connectivity index (χ4n) is 2.01. The first kappa shape index (κ1) is 21.8. The van der Waals surface area contributed by atoms with Gasteiger partial charge in [0.1, 0.15) is 5.82 Å². The molecule has 1 heterocycles. The highest BCUT2D eigenvalue weighted by molar-refractivity contribution is 14.0. The average Bonchev–Trinajstić information content (AvgIpc) is 3.01. The summed E-state index contributed by atoms with van der Waals surface area (Å²) in [6.45, 7) is 10.4. The molecule has 0 atom stereocenters. The Balaban J connectivity index is 0.00000312. The van der Waals surface area contributed by atoms with Gasteiger partial charge in [0.2, 0.25) is 0 Å². The molecule has 0 aliphatic carbocycles. The van der Waals surface area contributed by atoms with Crippen molar-refractivity contribution in [2.45, 2.75) is 46.2 Å². The molecule has 25 heavy (non-hydrogen) atoms. The van der Waals surface area contributed by atoms with Crippen LogP contribution in [-0.4, -0.2) is 17.5 Å². The molecule has 0 saturated carbocycles. The number of halogens is 2. The normalized spacial score (nSPS) is 11.8. The summed E-state index contributed by atoms with van der Waals surface area (Å²) in [5, 5.41) is 9.72. The van der Waals surface area contributed by atoms with Crippen LogP contribution in [0.5, 0.6) is 0 Å². The van der Waals surface area contributed by atoms with E-state index in [1.807, 2.05) is 6.92 Å². The third kappa shape index (κ3) is 7.27. The maximum Gasteiger partial charge on any atom is 0.191 e. The van der Waals surface area contributed by atoms with E-state index >= 15 is 0 Å². The molecule has 4 nitrogen and oxygen atoms in total. The summed E-state index contributed by atoms with van der Waals surface area (Å²) < 4.78 is 12.9. The highest BCUT2D eigenvalue weighted by Gasteiger charge is 2.17. The molecular formula is C18H26FIN4S. The largest absolute Gasteiger partial charge is 0.357 e. The molecule has 0 aliphatic heterocycles. The Kier molecular flexibility index (Phi) is 8.78. The summed E-state index contributed by atoms with van der Waals surface area (Å²) in [6.07, 6.45) is 0. The van der Waals surface area contributed by atoms with Gasteiger partial charge in [-0.25, -0.2) is 14.4 Å². The molecule has 1 aromatic carbocycles. The van der Waals surface area contributed by atoms with Gasteiger partial charge in [0.25, 0.3) is 0 Å². The first-order chi connectivity index (χ1) is 11.4. The monoisotopic (exact) mass is 476 g/mol. The summed E-state index contributed by atoms with van der Waals surface area (Å²) in [6, 6.07) is 6.40. The summed E-state index contributed by atoms with van der Waals surface area (Å²) in [7, 11) is 0. The Labute approximate surface area is 170 Å². The van der Waals surface area contributed by atoms with E-state index in [0.717, 1.165) is 28.8 Å². The zero-order chi connectivity index (χ0) is 17.6. The van der Waals surface area contributed by atoms with Gasteiger partial charge in [-0.3, -0.25) is 0 Å². The Morgan fingerprint density at radius 2 is 1.88 bits per heavy atom. The van der Waals surface area contributed by atoms with Crippen molar-refractivity contribution in [3.05, 3.63) is 51.7 Å². The third-order valence-electron chi connectivity index (χ3n) is 3.31. The summed E-state index contributed by atoms with van der Waals surface area (Å²) >= 11 is 1.69. The lowest BCUT2D eigenvalue weighted by atomic mass is 9.98. The molecule has 0 unspecified atom stereocenters. The van der Waals surface area contributed by atoms with Crippen molar-refractivity contribution in [2.24, 2.45) is 4.99 Å². The lowest BCUT2D eigenvalue weighted by Crippen LogP contribution is -2.36. The van der Waals surface area contributed by atoms with E-state index in [4.69, 9.17) is 0 Å². The van der Waals surface area contributed by atoms with Crippen LogP contribution in [0.4, 0.5) is 4.39 Å². The summed E-state index contributed by atoms with van der Waals surface area (Å²) in [4.78, 5) is 9.20. The zero-order valence-electron chi connectivity index (χ0n) is 15.1. The van der Waals surface area contributed by atoms with Gasteiger partial charge in [0.15, 0.2) is 5.96 Å². The highest BCUT2D eigenvalue weighted by atomic mass is 127.